The molecule has 1 heterocycles. The molecule has 0 aliphatic heterocycles. The first-order chi connectivity index (χ1) is 5.65. The van der Waals surface area contributed by atoms with E-state index in [2.05, 4.69) is 26.2 Å². The summed E-state index contributed by atoms with van der Waals surface area (Å²) in [6.45, 7) is 2.04. The quantitative estimate of drug-likeness (QED) is 0.815. The maximum absolute atomic E-state index is 5.92. The zero-order chi connectivity index (χ0) is 9.14. The van der Waals surface area contributed by atoms with Gasteiger partial charge in [-0.2, -0.15) is 0 Å². The van der Waals surface area contributed by atoms with Gasteiger partial charge in [0.05, 0.1) is 0 Å². The Morgan fingerprint density at radius 3 is 2.75 bits per heavy atom. The number of pyridine rings is 1. The predicted octanol–water partition coefficient (Wildman–Crippen LogP) is 2.78. The van der Waals surface area contributed by atoms with Crippen LogP contribution < -0.4 is 5.32 Å². The van der Waals surface area contributed by atoms with Crippen molar-refractivity contribution < 1.29 is 0 Å². The normalized spacial score (nSPS) is 13.0. The summed E-state index contributed by atoms with van der Waals surface area (Å²) in [5.41, 5.74) is 1.02. The van der Waals surface area contributed by atoms with E-state index in [9.17, 15) is 0 Å². The second kappa shape index (κ2) is 4.21. The van der Waals surface area contributed by atoms with E-state index in [-0.39, 0.29) is 6.04 Å². The fourth-order valence-electron chi connectivity index (χ4n) is 0.901. The predicted molar refractivity (Wildman–Crippen MR) is 54.4 cm³/mol. The third-order valence-corrected chi connectivity index (χ3v) is 2.49. The minimum Gasteiger partial charge on any atom is -0.313 e. The molecule has 2 nitrogen and oxygen atoms in total. The van der Waals surface area contributed by atoms with Crippen LogP contribution in [0.25, 0.3) is 0 Å². The van der Waals surface area contributed by atoms with E-state index in [1.54, 1.807) is 0 Å². The molecule has 1 N–H and O–H groups in total. The Labute approximate surface area is 85.5 Å². The van der Waals surface area contributed by atoms with Crippen LogP contribution in [0.3, 0.4) is 0 Å². The van der Waals surface area contributed by atoms with Crippen LogP contribution in [-0.2, 0) is 0 Å². The van der Waals surface area contributed by atoms with E-state index < -0.39 is 0 Å². The molecule has 0 saturated heterocycles. The van der Waals surface area contributed by atoms with Gasteiger partial charge in [0.25, 0.3) is 0 Å². The Balaban J connectivity index is 3.01. The molecule has 0 saturated carbocycles. The summed E-state index contributed by atoms with van der Waals surface area (Å²) in [6, 6.07) is 4.08. The van der Waals surface area contributed by atoms with Crippen molar-refractivity contribution in [3.8, 4) is 0 Å². The molecular weight excluding hydrogens is 239 g/mol. The molecular formula is C8H10BrClN2. The summed E-state index contributed by atoms with van der Waals surface area (Å²) in [7, 11) is 1.89. The zero-order valence-electron chi connectivity index (χ0n) is 6.94. The SMILES string of the molecule is CN[C@@H](C)c1ccc(Br)nc1Cl. The Hall–Kier alpha value is -0.120. The molecule has 1 aromatic rings. The van der Waals surface area contributed by atoms with Gasteiger partial charge in [0, 0.05) is 11.6 Å². The van der Waals surface area contributed by atoms with Crippen LogP contribution in [0.15, 0.2) is 16.7 Å². The zero-order valence-corrected chi connectivity index (χ0v) is 9.28. The smallest absolute Gasteiger partial charge is 0.135 e. The number of rotatable bonds is 2. The first kappa shape index (κ1) is 9.96. The fourth-order valence-corrected chi connectivity index (χ4v) is 1.63. The van der Waals surface area contributed by atoms with Crippen LogP contribution >= 0.6 is 27.5 Å². The van der Waals surface area contributed by atoms with Gasteiger partial charge in [-0.05, 0) is 36.0 Å². The van der Waals surface area contributed by atoms with Crippen molar-refractivity contribution in [3.63, 3.8) is 0 Å². The summed E-state index contributed by atoms with van der Waals surface area (Å²) in [6.07, 6.45) is 0. The van der Waals surface area contributed by atoms with Gasteiger partial charge < -0.3 is 5.32 Å². The molecule has 4 heteroatoms. The van der Waals surface area contributed by atoms with Crippen molar-refractivity contribution in [1.29, 1.82) is 0 Å². The maximum Gasteiger partial charge on any atom is 0.135 e. The lowest BCUT2D eigenvalue weighted by molar-refractivity contribution is 0.649. The molecule has 0 radical (unpaired) electrons. The Bertz CT molecular complexity index is 278. The van der Waals surface area contributed by atoms with Crippen LogP contribution in [0.4, 0.5) is 0 Å². The third-order valence-electron chi connectivity index (χ3n) is 1.74. The second-order valence-electron chi connectivity index (χ2n) is 2.52. The van der Waals surface area contributed by atoms with Gasteiger partial charge >= 0.3 is 0 Å². The van der Waals surface area contributed by atoms with Gasteiger partial charge in [-0.25, -0.2) is 4.98 Å². The van der Waals surface area contributed by atoms with E-state index in [1.165, 1.54) is 0 Å². The summed E-state index contributed by atoms with van der Waals surface area (Å²) >= 11 is 9.17. The van der Waals surface area contributed by atoms with Crippen molar-refractivity contribution in [2.24, 2.45) is 0 Å². The number of hydrogen-bond acceptors (Lipinski definition) is 2. The number of halogens is 2. The molecule has 0 fully saturated rings. The molecule has 0 unspecified atom stereocenters. The largest absolute Gasteiger partial charge is 0.313 e. The lowest BCUT2D eigenvalue weighted by Gasteiger charge is -2.11. The Morgan fingerprint density at radius 2 is 2.25 bits per heavy atom. The van der Waals surface area contributed by atoms with E-state index in [1.807, 2.05) is 26.1 Å². The Morgan fingerprint density at radius 1 is 1.58 bits per heavy atom. The number of aromatic nitrogens is 1. The number of hydrogen-bond donors (Lipinski definition) is 1. The van der Waals surface area contributed by atoms with Crippen molar-refractivity contribution in [2.45, 2.75) is 13.0 Å². The van der Waals surface area contributed by atoms with Gasteiger partial charge in [-0.1, -0.05) is 17.7 Å². The minimum absolute atomic E-state index is 0.234. The van der Waals surface area contributed by atoms with Crippen molar-refractivity contribution >= 4 is 27.5 Å². The molecule has 0 aliphatic carbocycles. The highest BCUT2D eigenvalue weighted by Crippen LogP contribution is 2.22. The standard InChI is InChI=1S/C8H10BrClN2/c1-5(11-2)6-3-4-7(9)12-8(6)10/h3-5,11H,1-2H3/t5-/m0/s1. The van der Waals surface area contributed by atoms with Crippen LogP contribution in [0.5, 0.6) is 0 Å². The molecule has 1 rings (SSSR count). The molecule has 66 valence electrons. The summed E-state index contributed by atoms with van der Waals surface area (Å²) in [4.78, 5) is 4.08. The first-order valence-electron chi connectivity index (χ1n) is 3.64. The molecule has 0 aromatic carbocycles. The van der Waals surface area contributed by atoms with Crippen LogP contribution in [0.2, 0.25) is 5.15 Å². The summed E-state index contributed by atoms with van der Waals surface area (Å²) in [5.74, 6) is 0. The molecule has 0 aliphatic rings. The van der Waals surface area contributed by atoms with Gasteiger partial charge in [0.15, 0.2) is 0 Å². The number of nitrogens with one attached hydrogen (secondary N) is 1. The van der Waals surface area contributed by atoms with Gasteiger partial charge in [0.2, 0.25) is 0 Å². The average Bonchev–Trinajstić information content (AvgIpc) is 2.03. The second-order valence-corrected chi connectivity index (χ2v) is 3.69. The van der Waals surface area contributed by atoms with Gasteiger partial charge in [-0.3, -0.25) is 0 Å². The topological polar surface area (TPSA) is 24.9 Å². The maximum atomic E-state index is 5.92. The van der Waals surface area contributed by atoms with Gasteiger partial charge in [-0.15, -0.1) is 0 Å². The van der Waals surface area contributed by atoms with Crippen LogP contribution in [-0.4, -0.2) is 12.0 Å². The summed E-state index contributed by atoms with van der Waals surface area (Å²) < 4.78 is 0.763. The average molecular weight is 250 g/mol. The molecule has 0 spiro atoms. The van der Waals surface area contributed by atoms with E-state index in [4.69, 9.17) is 11.6 Å². The minimum atomic E-state index is 0.234. The van der Waals surface area contributed by atoms with E-state index >= 15 is 0 Å². The van der Waals surface area contributed by atoms with Crippen LogP contribution in [0, 0.1) is 0 Å². The van der Waals surface area contributed by atoms with Crippen molar-refractivity contribution in [3.05, 3.63) is 27.5 Å². The molecule has 0 amide bonds. The van der Waals surface area contributed by atoms with E-state index in [0.29, 0.717) is 5.15 Å². The Kier molecular flexibility index (Phi) is 3.50. The van der Waals surface area contributed by atoms with Crippen molar-refractivity contribution in [1.82, 2.24) is 10.3 Å². The van der Waals surface area contributed by atoms with E-state index in [0.717, 1.165) is 10.2 Å². The highest BCUT2D eigenvalue weighted by molar-refractivity contribution is 9.10. The van der Waals surface area contributed by atoms with Crippen LogP contribution in [0.1, 0.15) is 18.5 Å². The molecule has 12 heavy (non-hydrogen) atoms. The highest BCUT2D eigenvalue weighted by atomic mass is 79.9. The first-order valence-corrected chi connectivity index (χ1v) is 4.81. The molecule has 1 aromatic heterocycles. The molecule has 0 bridgehead atoms. The lowest BCUT2D eigenvalue weighted by Crippen LogP contribution is -2.13. The third kappa shape index (κ3) is 2.19. The molecule has 1 atom stereocenters. The van der Waals surface area contributed by atoms with Crippen molar-refractivity contribution in [2.75, 3.05) is 7.05 Å². The fraction of sp³-hybridized carbons (Fsp3) is 0.375. The van der Waals surface area contributed by atoms with Gasteiger partial charge in [0.1, 0.15) is 9.76 Å². The lowest BCUT2D eigenvalue weighted by atomic mass is 10.1. The summed E-state index contributed by atoms with van der Waals surface area (Å²) in [5, 5.41) is 3.65. The monoisotopic (exact) mass is 248 g/mol. The highest BCUT2D eigenvalue weighted by Gasteiger charge is 2.07. The number of nitrogens with zero attached hydrogens (tertiary/aromatic N) is 1.